The Hall–Kier alpha value is -2.90. The maximum Gasteiger partial charge on any atom is 0.407 e. The number of benzene rings is 2. The van der Waals surface area contributed by atoms with Crippen molar-refractivity contribution >= 4 is 12.1 Å². The fourth-order valence-corrected chi connectivity index (χ4v) is 5.22. The second-order valence-electron chi connectivity index (χ2n) is 11.2. The van der Waals surface area contributed by atoms with Gasteiger partial charge < -0.3 is 19.9 Å². The molecule has 0 aromatic heterocycles. The first-order chi connectivity index (χ1) is 18.1. The summed E-state index contributed by atoms with van der Waals surface area (Å²) >= 11 is 0. The summed E-state index contributed by atoms with van der Waals surface area (Å²) in [5, 5.41) is 14.5. The highest BCUT2D eigenvalue weighted by Crippen LogP contribution is 2.33. The zero-order valence-corrected chi connectivity index (χ0v) is 23.4. The number of rotatable bonds is 11. The summed E-state index contributed by atoms with van der Waals surface area (Å²) in [4.78, 5) is 28.3. The van der Waals surface area contributed by atoms with E-state index in [0.717, 1.165) is 24.0 Å². The van der Waals surface area contributed by atoms with Gasteiger partial charge in [-0.3, -0.25) is 9.69 Å². The van der Waals surface area contributed by atoms with Crippen molar-refractivity contribution in [3.63, 3.8) is 0 Å². The predicted molar refractivity (Wildman–Crippen MR) is 148 cm³/mol. The topological polar surface area (TPSA) is 88.1 Å². The molecular formula is C31H44N2O5. The van der Waals surface area contributed by atoms with E-state index in [4.69, 9.17) is 9.47 Å². The molecule has 0 aliphatic carbocycles. The van der Waals surface area contributed by atoms with E-state index in [9.17, 15) is 14.7 Å². The number of aliphatic hydroxyl groups excluding tert-OH is 1. The van der Waals surface area contributed by atoms with E-state index in [1.165, 1.54) is 0 Å². The number of amides is 1. The summed E-state index contributed by atoms with van der Waals surface area (Å²) in [6.07, 6.45) is 1.50. The highest BCUT2D eigenvalue weighted by Gasteiger charge is 2.49. The number of carbonyl (C=O) groups excluding carboxylic acids is 2. The van der Waals surface area contributed by atoms with Gasteiger partial charge in [0.05, 0.1) is 18.2 Å². The first kappa shape index (κ1) is 29.7. The van der Waals surface area contributed by atoms with E-state index in [1.54, 1.807) is 0 Å². The molecule has 7 heteroatoms. The summed E-state index contributed by atoms with van der Waals surface area (Å²) in [5.74, 6) is -0.00930. The van der Waals surface area contributed by atoms with Crippen molar-refractivity contribution in [1.29, 1.82) is 0 Å². The molecule has 208 valence electrons. The Morgan fingerprint density at radius 2 is 1.58 bits per heavy atom. The van der Waals surface area contributed by atoms with Crippen LogP contribution in [-0.2, 0) is 27.4 Å². The smallest absolute Gasteiger partial charge is 0.407 e. The Morgan fingerprint density at radius 3 is 2.13 bits per heavy atom. The molecular weight excluding hydrogens is 480 g/mol. The highest BCUT2D eigenvalue weighted by molar-refractivity contribution is 5.77. The van der Waals surface area contributed by atoms with Gasteiger partial charge in [0, 0.05) is 6.54 Å². The van der Waals surface area contributed by atoms with Gasteiger partial charge in [0.2, 0.25) is 0 Å². The fourth-order valence-electron chi connectivity index (χ4n) is 5.22. The molecule has 3 rings (SSSR count). The standard InChI is InChI=1S/C31H44N2O5/c1-6-22(7-2)18-27(34)28-25(32-30(36)37-21-24-16-12-9-13-17-24)19-26(29(35)38-31(3,4)5)33(28)20-23-14-10-8-11-15-23/h8-17,22,25-28,34H,6-7,18-21H2,1-5H3,(H,32,36)/t25-,26-,27+,28-/m1/s1. The minimum Gasteiger partial charge on any atom is -0.459 e. The third kappa shape index (κ3) is 8.57. The van der Waals surface area contributed by atoms with Gasteiger partial charge in [0.25, 0.3) is 0 Å². The molecule has 2 N–H and O–H groups in total. The number of carbonyl (C=O) groups is 2. The zero-order chi connectivity index (χ0) is 27.7. The maximum absolute atomic E-state index is 13.4. The minimum absolute atomic E-state index is 0.142. The number of nitrogens with zero attached hydrogens (tertiary/aromatic N) is 1. The van der Waals surface area contributed by atoms with Crippen LogP contribution in [0.5, 0.6) is 0 Å². The van der Waals surface area contributed by atoms with Crippen LogP contribution in [-0.4, -0.2) is 51.9 Å². The van der Waals surface area contributed by atoms with Gasteiger partial charge in [0.15, 0.2) is 0 Å². The molecule has 7 nitrogen and oxygen atoms in total. The number of ether oxygens (including phenoxy) is 2. The number of hydrogen-bond donors (Lipinski definition) is 2. The van der Waals surface area contributed by atoms with Gasteiger partial charge >= 0.3 is 12.1 Å². The first-order valence-electron chi connectivity index (χ1n) is 13.8. The van der Waals surface area contributed by atoms with Gasteiger partial charge in [-0.25, -0.2) is 4.79 Å². The van der Waals surface area contributed by atoms with Gasteiger partial charge in [-0.05, 0) is 50.7 Å². The van der Waals surface area contributed by atoms with Crippen LogP contribution in [0.15, 0.2) is 60.7 Å². The molecule has 2 aromatic carbocycles. The Balaban J connectivity index is 1.87. The highest BCUT2D eigenvalue weighted by atomic mass is 16.6. The van der Waals surface area contributed by atoms with Crippen molar-refractivity contribution in [2.24, 2.45) is 5.92 Å². The quantitative estimate of drug-likeness (QED) is 0.380. The average molecular weight is 525 g/mol. The van der Waals surface area contributed by atoms with Crippen LogP contribution in [0, 0.1) is 5.92 Å². The van der Waals surface area contributed by atoms with Crippen molar-refractivity contribution in [1.82, 2.24) is 10.2 Å². The average Bonchev–Trinajstić information content (AvgIpc) is 3.23. The van der Waals surface area contributed by atoms with Crippen molar-refractivity contribution in [2.75, 3.05) is 0 Å². The van der Waals surface area contributed by atoms with E-state index >= 15 is 0 Å². The normalized spacial score (nSPS) is 20.8. The summed E-state index contributed by atoms with van der Waals surface area (Å²) in [7, 11) is 0. The predicted octanol–water partition coefficient (Wildman–Crippen LogP) is 5.45. The van der Waals surface area contributed by atoms with Crippen LogP contribution in [0.2, 0.25) is 0 Å². The second kappa shape index (κ2) is 13.8. The summed E-state index contributed by atoms with van der Waals surface area (Å²) < 4.78 is 11.3. The van der Waals surface area contributed by atoms with Gasteiger partial charge in [0.1, 0.15) is 18.2 Å². The van der Waals surface area contributed by atoms with Crippen molar-refractivity contribution in [2.45, 2.75) is 103 Å². The van der Waals surface area contributed by atoms with E-state index in [-0.39, 0.29) is 12.6 Å². The molecule has 1 aliphatic heterocycles. The summed E-state index contributed by atoms with van der Waals surface area (Å²) in [6, 6.07) is 17.8. The largest absolute Gasteiger partial charge is 0.459 e. The molecule has 0 radical (unpaired) electrons. The SMILES string of the molecule is CCC(CC)C[C@H](O)[C@H]1[C@H](NC(=O)OCc2ccccc2)C[C@H](C(=O)OC(C)(C)C)N1Cc1ccccc1. The molecule has 1 aliphatic rings. The minimum atomic E-state index is -0.740. The van der Waals surface area contributed by atoms with E-state index < -0.39 is 35.9 Å². The zero-order valence-electron chi connectivity index (χ0n) is 23.4. The third-order valence-corrected chi connectivity index (χ3v) is 7.20. The number of alkyl carbamates (subject to hydrolysis) is 1. The van der Waals surface area contributed by atoms with Crippen molar-refractivity contribution < 1.29 is 24.2 Å². The number of nitrogens with one attached hydrogen (secondary N) is 1. The number of hydrogen-bond acceptors (Lipinski definition) is 6. The Morgan fingerprint density at radius 1 is 1.00 bits per heavy atom. The molecule has 1 saturated heterocycles. The lowest BCUT2D eigenvalue weighted by molar-refractivity contribution is -0.161. The molecule has 0 spiro atoms. The Kier molecular flexibility index (Phi) is 10.7. The molecule has 38 heavy (non-hydrogen) atoms. The molecule has 4 atom stereocenters. The lowest BCUT2D eigenvalue weighted by atomic mass is 9.90. The van der Waals surface area contributed by atoms with Gasteiger partial charge in [-0.2, -0.15) is 0 Å². The summed E-state index contributed by atoms with van der Waals surface area (Å²) in [6.45, 7) is 10.4. The van der Waals surface area contributed by atoms with Crippen LogP contribution in [0.25, 0.3) is 0 Å². The van der Waals surface area contributed by atoms with E-state index in [0.29, 0.717) is 25.3 Å². The molecule has 0 saturated carbocycles. The van der Waals surface area contributed by atoms with Crippen molar-refractivity contribution in [3.05, 3.63) is 71.8 Å². The molecule has 0 unspecified atom stereocenters. The number of aliphatic hydroxyl groups is 1. The Labute approximate surface area is 227 Å². The van der Waals surface area contributed by atoms with Crippen LogP contribution in [0.1, 0.15) is 71.4 Å². The van der Waals surface area contributed by atoms with E-state index in [1.807, 2.05) is 86.3 Å². The van der Waals surface area contributed by atoms with Gasteiger partial charge in [-0.15, -0.1) is 0 Å². The monoisotopic (exact) mass is 524 g/mol. The van der Waals surface area contributed by atoms with Crippen molar-refractivity contribution in [3.8, 4) is 0 Å². The number of esters is 1. The summed E-state index contributed by atoms with van der Waals surface area (Å²) in [5.41, 5.74) is 1.25. The first-order valence-corrected chi connectivity index (χ1v) is 13.8. The molecule has 2 aromatic rings. The van der Waals surface area contributed by atoms with E-state index in [2.05, 4.69) is 19.2 Å². The maximum atomic E-state index is 13.4. The molecule has 1 heterocycles. The van der Waals surface area contributed by atoms with Crippen LogP contribution >= 0.6 is 0 Å². The van der Waals surface area contributed by atoms with Gasteiger partial charge in [-0.1, -0.05) is 87.4 Å². The Bertz CT molecular complexity index is 1000. The fraction of sp³-hybridized carbons (Fsp3) is 0.548. The second-order valence-corrected chi connectivity index (χ2v) is 11.2. The van der Waals surface area contributed by atoms with Crippen LogP contribution < -0.4 is 5.32 Å². The van der Waals surface area contributed by atoms with Crippen LogP contribution in [0.4, 0.5) is 4.79 Å². The third-order valence-electron chi connectivity index (χ3n) is 7.20. The molecule has 1 fully saturated rings. The lowest BCUT2D eigenvalue weighted by Gasteiger charge is -2.36. The molecule has 0 bridgehead atoms. The number of likely N-dealkylation sites (tertiary alicyclic amines) is 1. The van der Waals surface area contributed by atoms with Crippen LogP contribution in [0.3, 0.4) is 0 Å². The molecule has 1 amide bonds. The lowest BCUT2D eigenvalue weighted by Crippen LogP contribution is -2.53.